The summed E-state index contributed by atoms with van der Waals surface area (Å²) >= 11 is 0. The first kappa shape index (κ1) is 14.9. The van der Waals surface area contributed by atoms with Gasteiger partial charge in [0.15, 0.2) is 0 Å². The number of rotatable bonds is 5. The van der Waals surface area contributed by atoms with Crippen LogP contribution in [-0.2, 0) is 0 Å². The molecule has 0 radical (unpaired) electrons. The average Bonchev–Trinajstić information content (AvgIpc) is 2.76. The van der Waals surface area contributed by atoms with E-state index in [0.29, 0.717) is 23.6 Å². The van der Waals surface area contributed by atoms with Crippen LogP contribution >= 0.6 is 0 Å². The third-order valence-corrected chi connectivity index (χ3v) is 3.89. The second-order valence-corrected chi connectivity index (χ2v) is 6.45. The highest BCUT2D eigenvalue weighted by Gasteiger charge is 2.31. The standard InChI is InChI=1S/C17H25NO2/c1-4-11-20-15-7-5-13(6-8-15)16(19)18-14-9-10-17(2,3)12-14/h5-8,14H,4,9-12H2,1-3H3,(H,18,19). The molecule has 1 atom stereocenters. The molecule has 1 aromatic rings. The zero-order chi connectivity index (χ0) is 14.6. The van der Waals surface area contributed by atoms with Crippen molar-refractivity contribution in [3.8, 4) is 5.75 Å². The van der Waals surface area contributed by atoms with Gasteiger partial charge in [-0.2, -0.15) is 0 Å². The summed E-state index contributed by atoms with van der Waals surface area (Å²) in [5.74, 6) is 0.847. The number of hydrogen-bond donors (Lipinski definition) is 1. The molecule has 2 rings (SSSR count). The molecule has 1 amide bonds. The van der Waals surface area contributed by atoms with Crippen molar-refractivity contribution in [1.82, 2.24) is 5.32 Å². The van der Waals surface area contributed by atoms with Gasteiger partial charge in [0.2, 0.25) is 0 Å². The quantitative estimate of drug-likeness (QED) is 0.888. The second kappa shape index (κ2) is 6.29. The van der Waals surface area contributed by atoms with Crippen LogP contribution in [-0.4, -0.2) is 18.6 Å². The molecule has 1 unspecified atom stereocenters. The Morgan fingerprint density at radius 3 is 2.60 bits per heavy atom. The van der Waals surface area contributed by atoms with Crippen molar-refractivity contribution in [1.29, 1.82) is 0 Å². The summed E-state index contributed by atoms with van der Waals surface area (Å²) in [6.45, 7) is 7.31. The highest BCUT2D eigenvalue weighted by atomic mass is 16.5. The second-order valence-electron chi connectivity index (χ2n) is 6.45. The van der Waals surface area contributed by atoms with E-state index in [2.05, 4.69) is 26.1 Å². The molecule has 20 heavy (non-hydrogen) atoms. The Balaban J connectivity index is 1.89. The van der Waals surface area contributed by atoms with Crippen LogP contribution in [0.4, 0.5) is 0 Å². The Morgan fingerprint density at radius 2 is 2.05 bits per heavy atom. The largest absolute Gasteiger partial charge is 0.494 e. The number of carbonyl (C=O) groups excluding carboxylic acids is 1. The number of hydrogen-bond acceptors (Lipinski definition) is 2. The molecule has 1 aromatic carbocycles. The third-order valence-electron chi connectivity index (χ3n) is 3.89. The molecule has 110 valence electrons. The lowest BCUT2D eigenvalue weighted by Crippen LogP contribution is -2.33. The fourth-order valence-electron chi connectivity index (χ4n) is 2.75. The molecule has 0 aliphatic heterocycles. The summed E-state index contributed by atoms with van der Waals surface area (Å²) < 4.78 is 5.52. The van der Waals surface area contributed by atoms with Crippen molar-refractivity contribution >= 4 is 5.91 Å². The topological polar surface area (TPSA) is 38.3 Å². The van der Waals surface area contributed by atoms with E-state index in [1.54, 1.807) is 0 Å². The summed E-state index contributed by atoms with van der Waals surface area (Å²) in [5.41, 5.74) is 1.06. The van der Waals surface area contributed by atoms with Crippen LogP contribution in [0.1, 0.15) is 56.8 Å². The lowest BCUT2D eigenvalue weighted by molar-refractivity contribution is 0.0936. The minimum absolute atomic E-state index is 0.0229. The number of nitrogens with one attached hydrogen (secondary N) is 1. The molecule has 0 heterocycles. The van der Waals surface area contributed by atoms with E-state index in [-0.39, 0.29) is 5.91 Å². The molecule has 0 bridgehead atoms. The number of benzene rings is 1. The van der Waals surface area contributed by atoms with Crippen LogP contribution < -0.4 is 10.1 Å². The van der Waals surface area contributed by atoms with E-state index in [1.165, 1.54) is 6.42 Å². The average molecular weight is 275 g/mol. The first-order chi connectivity index (χ1) is 9.50. The van der Waals surface area contributed by atoms with E-state index >= 15 is 0 Å². The summed E-state index contributed by atoms with van der Waals surface area (Å²) in [7, 11) is 0. The molecule has 1 fully saturated rings. The van der Waals surface area contributed by atoms with Gasteiger partial charge in [-0.05, 0) is 55.4 Å². The highest BCUT2D eigenvalue weighted by Crippen LogP contribution is 2.36. The van der Waals surface area contributed by atoms with Gasteiger partial charge in [-0.1, -0.05) is 20.8 Å². The summed E-state index contributed by atoms with van der Waals surface area (Å²) in [4.78, 5) is 12.2. The van der Waals surface area contributed by atoms with Crippen LogP contribution in [0.2, 0.25) is 0 Å². The van der Waals surface area contributed by atoms with Crippen LogP contribution in [0.3, 0.4) is 0 Å². The Kier molecular flexibility index (Phi) is 4.69. The maximum atomic E-state index is 12.2. The SMILES string of the molecule is CCCOc1ccc(C(=O)NC2CCC(C)(C)C2)cc1. The minimum atomic E-state index is 0.0229. The highest BCUT2D eigenvalue weighted by molar-refractivity contribution is 5.94. The Bertz CT molecular complexity index is 451. The number of amides is 1. The van der Waals surface area contributed by atoms with E-state index < -0.39 is 0 Å². The van der Waals surface area contributed by atoms with Crippen molar-refractivity contribution in [3.05, 3.63) is 29.8 Å². The smallest absolute Gasteiger partial charge is 0.251 e. The Morgan fingerprint density at radius 1 is 1.35 bits per heavy atom. The molecule has 0 aromatic heterocycles. The lowest BCUT2D eigenvalue weighted by atomic mass is 9.92. The Hall–Kier alpha value is -1.51. The zero-order valence-electron chi connectivity index (χ0n) is 12.7. The van der Waals surface area contributed by atoms with E-state index in [9.17, 15) is 4.79 Å². The first-order valence-corrected chi connectivity index (χ1v) is 7.54. The maximum Gasteiger partial charge on any atom is 0.251 e. The molecule has 1 aliphatic rings. The van der Waals surface area contributed by atoms with Gasteiger partial charge in [0.1, 0.15) is 5.75 Å². The van der Waals surface area contributed by atoms with Crippen molar-refractivity contribution in [2.24, 2.45) is 5.41 Å². The van der Waals surface area contributed by atoms with Crippen molar-refractivity contribution in [3.63, 3.8) is 0 Å². The van der Waals surface area contributed by atoms with Gasteiger partial charge < -0.3 is 10.1 Å². The molecule has 0 saturated heterocycles. The molecule has 0 spiro atoms. The number of ether oxygens (including phenoxy) is 1. The lowest BCUT2D eigenvalue weighted by Gasteiger charge is -2.18. The Labute approximate surface area is 121 Å². The molecule has 1 saturated carbocycles. The fraction of sp³-hybridized carbons (Fsp3) is 0.588. The minimum Gasteiger partial charge on any atom is -0.494 e. The van der Waals surface area contributed by atoms with Gasteiger partial charge in [0.25, 0.3) is 5.91 Å². The predicted octanol–water partition coefficient (Wildman–Crippen LogP) is 3.78. The van der Waals surface area contributed by atoms with Gasteiger partial charge in [-0.25, -0.2) is 0 Å². The fourth-order valence-corrected chi connectivity index (χ4v) is 2.75. The van der Waals surface area contributed by atoms with Gasteiger partial charge >= 0.3 is 0 Å². The molecular formula is C17H25NO2. The van der Waals surface area contributed by atoms with E-state index in [0.717, 1.165) is 25.0 Å². The van der Waals surface area contributed by atoms with Crippen LogP contribution in [0, 0.1) is 5.41 Å². The van der Waals surface area contributed by atoms with Gasteiger partial charge in [0.05, 0.1) is 6.61 Å². The summed E-state index contributed by atoms with van der Waals surface area (Å²) in [6, 6.07) is 7.71. The van der Waals surface area contributed by atoms with Crippen LogP contribution in [0.25, 0.3) is 0 Å². The summed E-state index contributed by atoms with van der Waals surface area (Å²) in [6.07, 6.45) is 4.31. The van der Waals surface area contributed by atoms with Crippen molar-refractivity contribution in [2.45, 2.75) is 52.5 Å². The van der Waals surface area contributed by atoms with Gasteiger partial charge in [0, 0.05) is 11.6 Å². The molecule has 1 N–H and O–H groups in total. The zero-order valence-corrected chi connectivity index (χ0v) is 12.7. The van der Waals surface area contributed by atoms with Gasteiger partial charge in [-0.3, -0.25) is 4.79 Å². The van der Waals surface area contributed by atoms with E-state index in [1.807, 2.05) is 24.3 Å². The van der Waals surface area contributed by atoms with Crippen molar-refractivity contribution < 1.29 is 9.53 Å². The number of carbonyl (C=O) groups is 1. The first-order valence-electron chi connectivity index (χ1n) is 7.54. The van der Waals surface area contributed by atoms with Gasteiger partial charge in [-0.15, -0.1) is 0 Å². The third kappa shape index (κ3) is 3.99. The molecule has 3 nitrogen and oxygen atoms in total. The maximum absolute atomic E-state index is 12.2. The molecule has 3 heteroatoms. The van der Waals surface area contributed by atoms with Crippen LogP contribution in [0.15, 0.2) is 24.3 Å². The van der Waals surface area contributed by atoms with Crippen molar-refractivity contribution in [2.75, 3.05) is 6.61 Å². The monoisotopic (exact) mass is 275 g/mol. The molecule has 1 aliphatic carbocycles. The van der Waals surface area contributed by atoms with Crippen LogP contribution in [0.5, 0.6) is 5.75 Å². The predicted molar refractivity (Wildman–Crippen MR) is 81.1 cm³/mol. The normalized spacial score (nSPS) is 20.6. The van der Waals surface area contributed by atoms with E-state index in [4.69, 9.17) is 4.74 Å². The molecular weight excluding hydrogens is 250 g/mol. The summed E-state index contributed by atoms with van der Waals surface area (Å²) in [5, 5.41) is 3.13.